The predicted molar refractivity (Wildman–Crippen MR) is 216 cm³/mol. The molecular weight excluding hydrogens is 636 g/mol. The predicted octanol–water partition coefficient (Wildman–Crippen LogP) is 13.1. The van der Waals surface area contributed by atoms with Crippen molar-refractivity contribution in [2.45, 2.75) is 245 Å². The fourth-order valence-electron chi connectivity index (χ4n) is 6.87. The molecular formula is C45H88O6. The number of hydrogen-bond acceptors (Lipinski definition) is 6. The van der Waals surface area contributed by atoms with Gasteiger partial charge in [0.2, 0.25) is 0 Å². The van der Waals surface area contributed by atoms with Crippen molar-refractivity contribution in [2.24, 2.45) is 5.41 Å². The Hall–Kier alpha value is -1.14. The molecule has 0 radical (unpaired) electrons. The van der Waals surface area contributed by atoms with Crippen LogP contribution < -0.4 is 0 Å². The monoisotopic (exact) mass is 725 g/mol. The maximum atomic E-state index is 12.3. The largest absolute Gasteiger partial charge is 0.465 e. The van der Waals surface area contributed by atoms with E-state index in [0.29, 0.717) is 12.8 Å². The Morgan fingerprint density at radius 1 is 0.353 bits per heavy atom. The number of unbranched alkanes of at least 4 members (excludes halogenated alkanes) is 32. The molecule has 2 N–H and O–H groups in total. The minimum absolute atomic E-state index is 0.149. The van der Waals surface area contributed by atoms with Gasteiger partial charge >= 0.3 is 11.9 Å². The second kappa shape index (κ2) is 40.1. The van der Waals surface area contributed by atoms with Crippen LogP contribution >= 0.6 is 0 Å². The Bertz CT molecular complexity index is 665. The Balaban J connectivity index is 3.68. The van der Waals surface area contributed by atoms with Crippen LogP contribution in [0.3, 0.4) is 0 Å². The van der Waals surface area contributed by atoms with Crippen molar-refractivity contribution in [3.05, 3.63) is 0 Å². The summed E-state index contributed by atoms with van der Waals surface area (Å²) in [5.74, 6) is -0.644. The number of carbonyl (C=O) groups is 2. The minimum atomic E-state index is -1.16. The lowest BCUT2D eigenvalue weighted by Gasteiger charge is -2.28. The summed E-state index contributed by atoms with van der Waals surface area (Å²) >= 11 is 0. The van der Waals surface area contributed by atoms with Gasteiger partial charge in [0.15, 0.2) is 0 Å². The summed E-state index contributed by atoms with van der Waals surface area (Å²) in [5, 5.41) is 19.8. The van der Waals surface area contributed by atoms with Crippen molar-refractivity contribution in [1.82, 2.24) is 0 Å². The molecule has 0 aromatic carbocycles. The Morgan fingerprint density at radius 2 is 0.549 bits per heavy atom. The molecule has 0 rings (SSSR count). The first-order valence-electron chi connectivity index (χ1n) is 22.6. The molecule has 304 valence electrons. The number of aliphatic hydroxyl groups excluding tert-OH is 2. The van der Waals surface area contributed by atoms with Crippen LogP contribution in [0.25, 0.3) is 0 Å². The van der Waals surface area contributed by atoms with Gasteiger partial charge < -0.3 is 19.7 Å². The van der Waals surface area contributed by atoms with Crippen LogP contribution in [0.4, 0.5) is 0 Å². The molecule has 0 saturated heterocycles. The van der Waals surface area contributed by atoms with Crippen LogP contribution in [0.1, 0.15) is 245 Å². The molecule has 0 unspecified atom stereocenters. The van der Waals surface area contributed by atoms with Crippen molar-refractivity contribution in [1.29, 1.82) is 0 Å². The average molecular weight is 725 g/mol. The van der Waals surface area contributed by atoms with Crippen LogP contribution in [0.2, 0.25) is 0 Å². The lowest BCUT2D eigenvalue weighted by atomic mass is 9.92. The molecule has 0 bridgehead atoms. The Labute approximate surface area is 317 Å². The van der Waals surface area contributed by atoms with Crippen LogP contribution in [0.15, 0.2) is 0 Å². The second-order valence-electron chi connectivity index (χ2n) is 16.0. The van der Waals surface area contributed by atoms with Gasteiger partial charge in [-0.1, -0.05) is 219 Å². The van der Waals surface area contributed by atoms with Crippen molar-refractivity contribution in [3.63, 3.8) is 0 Å². The summed E-state index contributed by atoms with van der Waals surface area (Å²) in [5.41, 5.74) is -1.16. The first-order chi connectivity index (χ1) is 25.0. The normalized spacial score (nSPS) is 11.7. The third-order valence-corrected chi connectivity index (χ3v) is 10.7. The summed E-state index contributed by atoms with van der Waals surface area (Å²) < 4.78 is 10.8. The van der Waals surface area contributed by atoms with Gasteiger partial charge in [-0.15, -0.1) is 0 Å². The van der Waals surface area contributed by atoms with Crippen LogP contribution in [-0.2, 0) is 19.1 Å². The zero-order valence-corrected chi connectivity index (χ0v) is 34.3. The highest BCUT2D eigenvalue weighted by Crippen LogP contribution is 2.20. The summed E-state index contributed by atoms with van der Waals surface area (Å²) in [7, 11) is 0. The Morgan fingerprint density at radius 3 is 0.745 bits per heavy atom. The number of hydrogen-bond donors (Lipinski definition) is 2. The zero-order chi connectivity index (χ0) is 37.4. The van der Waals surface area contributed by atoms with E-state index in [1.807, 2.05) is 0 Å². The van der Waals surface area contributed by atoms with Gasteiger partial charge in [0.05, 0.1) is 18.6 Å². The van der Waals surface area contributed by atoms with Gasteiger partial charge in [0, 0.05) is 12.8 Å². The van der Waals surface area contributed by atoms with Crippen LogP contribution in [-0.4, -0.2) is 48.6 Å². The standard InChI is InChI=1S/C45H88O6/c1-3-5-7-9-11-13-15-17-19-21-23-25-27-29-31-33-35-37-43(48)50-41-45(39-46,40-47)42-51-44(49)38-36-34-32-30-28-26-24-22-20-18-16-14-12-10-8-6-4-2/h46-47H,3-42H2,1-2H3. The number of carbonyl (C=O) groups excluding carboxylic acids is 2. The lowest BCUT2D eigenvalue weighted by Crippen LogP contribution is -2.41. The first kappa shape index (κ1) is 49.9. The molecule has 0 fully saturated rings. The van der Waals surface area contributed by atoms with Gasteiger partial charge in [-0.05, 0) is 12.8 Å². The lowest BCUT2D eigenvalue weighted by molar-refractivity contribution is -0.159. The fourth-order valence-corrected chi connectivity index (χ4v) is 6.87. The second-order valence-corrected chi connectivity index (χ2v) is 16.0. The maximum Gasteiger partial charge on any atom is 0.305 e. The molecule has 0 heterocycles. The molecule has 0 aliphatic rings. The van der Waals surface area contributed by atoms with Crippen molar-refractivity contribution >= 4 is 11.9 Å². The molecule has 0 atom stereocenters. The third-order valence-electron chi connectivity index (χ3n) is 10.7. The highest BCUT2D eigenvalue weighted by molar-refractivity contribution is 5.69. The number of rotatable bonds is 42. The molecule has 6 nitrogen and oxygen atoms in total. The van der Waals surface area contributed by atoms with Crippen molar-refractivity contribution in [3.8, 4) is 0 Å². The van der Waals surface area contributed by atoms with E-state index >= 15 is 0 Å². The van der Waals surface area contributed by atoms with Gasteiger partial charge in [-0.25, -0.2) is 0 Å². The van der Waals surface area contributed by atoms with E-state index in [-0.39, 0.29) is 25.2 Å². The first-order valence-corrected chi connectivity index (χ1v) is 22.6. The highest BCUT2D eigenvalue weighted by Gasteiger charge is 2.33. The van der Waals surface area contributed by atoms with Crippen molar-refractivity contribution < 1.29 is 29.3 Å². The smallest absolute Gasteiger partial charge is 0.305 e. The van der Waals surface area contributed by atoms with Gasteiger partial charge in [0.1, 0.15) is 13.2 Å². The molecule has 0 aliphatic heterocycles. The molecule has 0 aromatic rings. The van der Waals surface area contributed by atoms with Crippen LogP contribution in [0.5, 0.6) is 0 Å². The van der Waals surface area contributed by atoms with E-state index in [0.717, 1.165) is 38.5 Å². The van der Waals surface area contributed by atoms with E-state index in [2.05, 4.69) is 13.8 Å². The molecule has 51 heavy (non-hydrogen) atoms. The topological polar surface area (TPSA) is 93.1 Å². The number of esters is 2. The van der Waals surface area contributed by atoms with E-state index in [1.165, 1.54) is 180 Å². The zero-order valence-electron chi connectivity index (χ0n) is 34.3. The fraction of sp³-hybridized carbons (Fsp3) is 0.956. The van der Waals surface area contributed by atoms with Gasteiger partial charge in [0.25, 0.3) is 0 Å². The van der Waals surface area contributed by atoms with E-state index in [9.17, 15) is 19.8 Å². The van der Waals surface area contributed by atoms with E-state index in [1.54, 1.807) is 0 Å². The molecule has 0 aliphatic carbocycles. The molecule has 0 saturated carbocycles. The number of aliphatic hydroxyl groups is 2. The quantitative estimate of drug-likeness (QED) is 0.0481. The van der Waals surface area contributed by atoms with E-state index in [4.69, 9.17) is 9.47 Å². The summed E-state index contributed by atoms with van der Waals surface area (Å²) in [6.45, 7) is 3.42. The molecule has 0 spiro atoms. The summed E-state index contributed by atoms with van der Waals surface area (Å²) in [6.07, 6.45) is 44.7. The Kier molecular flexibility index (Phi) is 39.2. The summed E-state index contributed by atoms with van der Waals surface area (Å²) in [4.78, 5) is 24.6. The van der Waals surface area contributed by atoms with Crippen molar-refractivity contribution in [2.75, 3.05) is 26.4 Å². The highest BCUT2D eigenvalue weighted by atomic mass is 16.5. The third kappa shape index (κ3) is 35.6. The average Bonchev–Trinajstić information content (AvgIpc) is 3.14. The SMILES string of the molecule is CCCCCCCCCCCCCCCCCCCC(=O)OCC(CO)(CO)COC(=O)CCCCCCCCCCCCCCCCCCC. The van der Waals surface area contributed by atoms with Gasteiger partial charge in [-0.2, -0.15) is 0 Å². The maximum absolute atomic E-state index is 12.3. The summed E-state index contributed by atoms with van der Waals surface area (Å²) in [6, 6.07) is 0. The molecule has 6 heteroatoms. The van der Waals surface area contributed by atoms with E-state index < -0.39 is 18.6 Å². The van der Waals surface area contributed by atoms with Gasteiger partial charge in [-0.3, -0.25) is 9.59 Å². The minimum Gasteiger partial charge on any atom is -0.465 e. The number of ether oxygens (including phenoxy) is 2. The molecule has 0 aromatic heterocycles. The van der Waals surface area contributed by atoms with Crippen LogP contribution in [0, 0.1) is 5.41 Å². The molecule has 0 amide bonds.